The van der Waals surface area contributed by atoms with E-state index in [0.717, 1.165) is 69.9 Å². The van der Waals surface area contributed by atoms with Crippen molar-refractivity contribution in [1.29, 1.82) is 0 Å². The summed E-state index contributed by atoms with van der Waals surface area (Å²) in [6, 6.07) is 8.37. The predicted octanol–water partition coefficient (Wildman–Crippen LogP) is 2.04. The number of morpholine rings is 1. The zero-order valence-corrected chi connectivity index (χ0v) is 17.0. The molecule has 7 nitrogen and oxygen atoms in total. The minimum atomic E-state index is 0.440. The van der Waals surface area contributed by atoms with Gasteiger partial charge in [0.2, 0.25) is 0 Å². The topological polar surface area (TPSA) is 55.6 Å². The van der Waals surface area contributed by atoms with Crippen molar-refractivity contribution in [2.45, 2.75) is 31.8 Å². The number of aromatic nitrogens is 3. The lowest BCUT2D eigenvalue weighted by molar-refractivity contribution is 0.0326. The van der Waals surface area contributed by atoms with Gasteiger partial charge in [-0.3, -0.25) is 9.80 Å². The van der Waals surface area contributed by atoms with Crippen LogP contribution in [-0.4, -0.2) is 71.1 Å². The quantitative estimate of drug-likeness (QED) is 0.759. The molecule has 0 amide bonds. The largest absolute Gasteiger partial charge is 0.497 e. The number of benzene rings is 1. The number of hydrogen-bond donors (Lipinski definition) is 0. The van der Waals surface area contributed by atoms with Crippen molar-refractivity contribution in [2.24, 2.45) is 7.05 Å². The van der Waals surface area contributed by atoms with Crippen LogP contribution in [0.5, 0.6) is 5.75 Å². The second-order valence-electron chi connectivity index (χ2n) is 7.85. The summed E-state index contributed by atoms with van der Waals surface area (Å²) in [5, 5.41) is 9.09. The third-order valence-corrected chi connectivity index (χ3v) is 5.88. The standard InChI is InChI=1S/C21H31N5O2/c1-24-20(16-25-9-11-28-12-10-25)22-23-21(24)18-6-4-8-26(15-18)14-17-5-3-7-19(13-17)27-2/h3,5,7,13,18H,4,6,8-12,14-16H2,1-2H3. The molecule has 2 aromatic rings. The number of nitrogens with zero attached hydrogens (tertiary/aromatic N) is 5. The normalized spacial score (nSPS) is 21.7. The fourth-order valence-electron chi connectivity index (χ4n) is 4.27. The Morgan fingerprint density at radius 1 is 1.11 bits per heavy atom. The Morgan fingerprint density at radius 2 is 1.96 bits per heavy atom. The number of methoxy groups -OCH3 is 1. The van der Waals surface area contributed by atoms with Gasteiger partial charge in [0.25, 0.3) is 0 Å². The van der Waals surface area contributed by atoms with Crippen molar-refractivity contribution in [3.05, 3.63) is 41.5 Å². The first kappa shape index (κ1) is 19.4. The van der Waals surface area contributed by atoms with E-state index in [9.17, 15) is 0 Å². The zero-order chi connectivity index (χ0) is 19.3. The van der Waals surface area contributed by atoms with Crippen LogP contribution in [0.3, 0.4) is 0 Å². The SMILES string of the molecule is COc1cccc(CN2CCCC(c3nnc(CN4CCOCC4)n3C)C2)c1. The van der Waals surface area contributed by atoms with Crippen LogP contribution >= 0.6 is 0 Å². The molecule has 1 aromatic carbocycles. The molecule has 0 radical (unpaired) electrons. The number of rotatable bonds is 6. The molecule has 152 valence electrons. The number of likely N-dealkylation sites (tertiary alicyclic amines) is 1. The van der Waals surface area contributed by atoms with E-state index in [4.69, 9.17) is 9.47 Å². The molecule has 2 fully saturated rings. The lowest BCUT2D eigenvalue weighted by Crippen LogP contribution is -2.36. The average Bonchev–Trinajstić information content (AvgIpc) is 3.09. The molecule has 1 atom stereocenters. The van der Waals surface area contributed by atoms with E-state index in [1.807, 2.05) is 6.07 Å². The molecule has 1 aromatic heterocycles. The van der Waals surface area contributed by atoms with Gasteiger partial charge in [0, 0.05) is 39.1 Å². The van der Waals surface area contributed by atoms with Gasteiger partial charge in [-0.1, -0.05) is 12.1 Å². The summed E-state index contributed by atoms with van der Waals surface area (Å²) in [7, 11) is 3.84. The van der Waals surface area contributed by atoms with E-state index in [1.54, 1.807) is 7.11 Å². The van der Waals surface area contributed by atoms with Gasteiger partial charge >= 0.3 is 0 Å². The van der Waals surface area contributed by atoms with Crippen molar-refractivity contribution in [3.8, 4) is 5.75 Å². The highest BCUT2D eigenvalue weighted by molar-refractivity contribution is 5.28. The van der Waals surface area contributed by atoms with Crippen molar-refractivity contribution in [1.82, 2.24) is 24.6 Å². The first-order valence-electron chi connectivity index (χ1n) is 10.3. The summed E-state index contributed by atoms with van der Waals surface area (Å²) in [5.41, 5.74) is 1.30. The van der Waals surface area contributed by atoms with E-state index in [0.29, 0.717) is 5.92 Å². The molecular formula is C21H31N5O2. The van der Waals surface area contributed by atoms with E-state index in [-0.39, 0.29) is 0 Å². The number of hydrogen-bond acceptors (Lipinski definition) is 6. The van der Waals surface area contributed by atoms with Gasteiger partial charge in [0.1, 0.15) is 17.4 Å². The summed E-state index contributed by atoms with van der Waals surface area (Å²) in [6.45, 7) is 7.53. The zero-order valence-electron chi connectivity index (χ0n) is 17.0. The van der Waals surface area contributed by atoms with Gasteiger partial charge in [-0.15, -0.1) is 10.2 Å². The molecule has 7 heteroatoms. The molecule has 4 rings (SSSR count). The van der Waals surface area contributed by atoms with Gasteiger partial charge in [-0.05, 0) is 37.1 Å². The molecule has 3 heterocycles. The average molecular weight is 386 g/mol. The van der Waals surface area contributed by atoms with Gasteiger partial charge in [0.15, 0.2) is 0 Å². The lowest BCUT2D eigenvalue weighted by atomic mass is 9.96. The van der Waals surface area contributed by atoms with Crippen molar-refractivity contribution in [2.75, 3.05) is 46.5 Å². The smallest absolute Gasteiger partial charge is 0.146 e. The van der Waals surface area contributed by atoms with Crippen molar-refractivity contribution >= 4 is 0 Å². The van der Waals surface area contributed by atoms with Gasteiger partial charge < -0.3 is 14.0 Å². The molecule has 0 spiro atoms. The van der Waals surface area contributed by atoms with Crippen LogP contribution in [0, 0.1) is 0 Å². The van der Waals surface area contributed by atoms with Crippen LogP contribution in [0.1, 0.15) is 36.0 Å². The summed E-state index contributed by atoms with van der Waals surface area (Å²) in [6.07, 6.45) is 2.37. The monoisotopic (exact) mass is 385 g/mol. The maximum Gasteiger partial charge on any atom is 0.146 e. The minimum Gasteiger partial charge on any atom is -0.497 e. The van der Waals surface area contributed by atoms with Crippen LogP contribution < -0.4 is 4.74 Å². The molecule has 2 saturated heterocycles. The molecular weight excluding hydrogens is 354 g/mol. The maximum atomic E-state index is 5.45. The summed E-state index contributed by atoms with van der Waals surface area (Å²) >= 11 is 0. The highest BCUT2D eigenvalue weighted by Gasteiger charge is 2.26. The van der Waals surface area contributed by atoms with Crippen molar-refractivity contribution < 1.29 is 9.47 Å². The van der Waals surface area contributed by atoms with E-state index in [1.165, 1.54) is 18.4 Å². The molecule has 0 N–H and O–H groups in total. The Hall–Kier alpha value is -1.96. The third kappa shape index (κ3) is 4.54. The number of piperidine rings is 1. The minimum absolute atomic E-state index is 0.440. The summed E-state index contributed by atoms with van der Waals surface area (Å²) < 4.78 is 13.0. The number of ether oxygens (including phenoxy) is 2. The second kappa shape index (κ2) is 9.03. The Kier molecular flexibility index (Phi) is 6.24. The van der Waals surface area contributed by atoms with E-state index >= 15 is 0 Å². The molecule has 0 saturated carbocycles. The highest BCUT2D eigenvalue weighted by Crippen LogP contribution is 2.27. The van der Waals surface area contributed by atoms with E-state index < -0.39 is 0 Å². The first-order chi connectivity index (χ1) is 13.7. The predicted molar refractivity (Wildman–Crippen MR) is 107 cm³/mol. The third-order valence-electron chi connectivity index (χ3n) is 5.88. The second-order valence-corrected chi connectivity index (χ2v) is 7.85. The molecule has 28 heavy (non-hydrogen) atoms. The van der Waals surface area contributed by atoms with Gasteiger partial charge in [0.05, 0.1) is 26.9 Å². The lowest BCUT2D eigenvalue weighted by Gasteiger charge is -2.32. The van der Waals surface area contributed by atoms with Crippen LogP contribution in [-0.2, 0) is 24.9 Å². The highest BCUT2D eigenvalue weighted by atomic mass is 16.5. The summed E-state index contributed by atoms with van der Waals surface area (Å²) in [5.74, 6) is 3.54. The van der Waals surface area contributed by atoms with E-state index in [2.05, 4.69) is 49.8 Å². The Morgan fingerprint density at radius 3 is 2.79 bits per heavy atom. The van der Waals surface area contributed by atoms with Crippen LogP contribution in [0.15, 0.2) is 24.3 Å². The summed E-state index contributed by atoms with van der Waals surface area (Å²) in [4.78, 5) is 4.92. The molecule has 0 bridgehead atoms. The fraction of sp³-hybridized carbons (Fsp3) is 0.619. The fourth-order valence-corrected chi connectivity index (χ4v) is 4.27. The molecule has 0 aliphatic carbocycles. The van der Waals surface area contributed by atoms with Gasteiger partial charge in [-0.2, -0.15) is 0 Å². The Bertz CT molecular complexity index is 772. The van der Waals surface area contributed by atoms with Crippen LogP contribution in [0.4, 0.5) is 0 Å². The Balaban J connectivity index is 1.40. The molecule has 1 unspecified atom stereocenters. The van der Waals surface area contributed by atoms with Gasteiger partial charge in [-0.25, -0.2) is 0 Å². The Labute approximate surface area is 167 Å². The van der Waals surface area contributed by atoms with Crippen LogP contribution in [0.25, 0.3) is 0 Å². The molecule has 2 aliphatic heterocycles. The maximum absolute atomic E-state index is 5.45. The van der Waals surface area contributed by atoms with Crippen LogP contribution in [0.2, 0.25) is 0 Å². The molecule has 2 aliphatic rings. The van der Waals surface area contributed by atoms with Crippen molar-refractivity contribution in [3.63, 3.8) is 0 Å². The first-order valence-corrected chi connectivity index (χ1v) is 10.3.